The van der Waals surface area contributed by atoms with Gasteiger partial charge in [0, 0.05) is 24.8 Å². The van der Waals surface area contributed by atoms with Gasteiger partial charge < -0.3 is 15.0 Å². The third-order valence-electron chi connectivity index (χ3n) is 5.88. The minimum Gasteiger partial charge on any atom is -0.494 e. The van der Waals surface area contributed by atoms with Crippen LogP contribution in [0.1, 0.15) is 31.2 Å². The Bertz CT molecular complexity index is 1330. The lowest BCUT2D eigenvalue weighted by atomic mass is 9.97. The largest absolute Gasteiger partial charge is 0.494 e. The molecule has 34 heavy (non-hydrogen) atoms. The lowest BCUT2D eigenvalue weighted by Crippen LogP contribution is -2.41. The third-order valence-corrected chi connectivity index (χ3v) is 6.82. The maximum absolute atomic E-state index is 13.1. The maximum Gasteiger partial charge on any atom is 0.231 e. The zero-order valence-electron chi connectivity index (χ0n) is 19.5. The van der Waals surface area contributed by atoms with E-state index in [-0.39, 0.29) is 11.8 Å². The number of nitrogens with one attached hydrogen (secondary N) is 1. The number of anilines is 2. The van der Waals surface area contributed by atoms with E-state index < -0.39 is 0 Å². The smallest absolute Gasteiger partial charge is 0.231 e. The number of piperidine rings is 1. The maximum atomic E-state index is 13.1. The normalized spacial score (nSPS) is 16.1. The van der Waals surface area contributed by atoms with Crippen LogP contribution < -0.4 is 15.0 Å². The summed E-state index contributed by atoms with van der Waals surface area (Å²) in [6.45, 7) is 7.97. The fourth-order valence-electron chi connectivity index (χ4n) is 4.31. The summed E-state index contributed by atoms with van der Waals surface area (Å²) in [7, 11) is 0. The molecule has 1 fully saturated rings. The van der Waals surface area contributed by atoms with Crippen LogP contribution in [0.15, 0.2) is 36.7 Å². The quantitative estimate of drug-likeness (QED) is 0.446. The first-order chi connectivity index (χ1) is 16.5. The van der Waals surface area contributed by atoms with Gasteiger partial charge in [-0.15, -0.1) is 0 Å². The van der Waals surface area contributed by atoms with E-state index in [9.17, 15) is 4.79 Å². The number of fused-ring (bicyclic) bond motifs is 1. The standard InChI is InChI=1S/C24H27N7O2S/c1-4-33-18-7-8-19-20(11-18)34-24(27-19)28-23(32)17-6-5-9-30(13-17)21-12-22(26-14-25-21)31-16(3)10-15(2)29-31/h7-8,10-12,14,17H,4-6,9,13H2,1-3H3,(H,27,28,32). The number of rotatable bonds is 6. The van der Waals surface area contributed by atoms with E-state index in [2.05, 4.69) is 30.3 Å². The molecule has 1 aliphatic heterocycles. The van der Waals surface area contributed by atoms with E-state index in [4.69, 9.17) is 4.74 Å². The summed E-state index contributed by atoms with van der Waals surface area (Å²) in [5.41, 5.74) is 2.81. The number of aromatic nitrogens is 5. The van der Waals surface area contributed by atoms with Crippen molar-refractivity contribution in [1.29, 1.82) is 0 Å². The zero-order chi connectivity index (χ0) is 23.7. The number of carbonyl (C=O) groups excluding carboxylic acids is 1. The minimum atomic E-state index is -0.146. The van der Waals surface area contributed by atoms with Crippen molar-refractivity contribution in [3.8, 4) is 11.6 Å². The first-order valence-corrected chi connectivity index (χ1v) is 12.3. The second-order valence-corrected chi connectivity index (χ2v) is 9.46. The second-order valence-electron chi connectivity index (χ2n) is 8.43. The van der Waals surface area contributed by atoms with Gasteiger partial charge in [0.2, 0.25) is 5.91 Å². The molecule has 4 heterocycles. The molecule has 0 aliphatic carbocycles. The van der Waals surface area contributed by atoms with Gasteiger partial charge in [-0.1, -0.05) is 11.3 Å². The topological polar surface area (TPSA) is 98.1 Å². The molecule has 1 saturated heterocycles. The van der Waals surface area contributed by atoms with Gasteiger partial charge >= 0.3 is 0 Å². The molecule has 1 unspecified atom stereocenters. The fraction of sp³-hybridized carbons (Fsp3) is 0.375. The van der Waals surface area contributed by atoms with Gasteiger partial charge in [0.25, 0.3) is 0 Å². The summed E-state index contributed by atoms with van der Waals surface area (Å²) >= 11 is 1.46. The number of amides is 1. The molecule has 176 valence electrons. The van der Waals surface area contributed by atoms with Crippen LogP contribution in [0, 0.1) is 19.8 Å². The lowest BCUT2D eigenvalue weighted by molar-refractivity contribution is -0.120. The van der Waals surface area contributed by atoms with Crippen molar-refractivity contribution in [2.75, 3.05) is 29.9 Å². The van der Waals surface area contributed by atoms with Crippen LogP contribution in [-0.4, -0.2) is 50.3 Å². The van der Waals surface area contributed by atoms with Crippen LogP contribution in [0.25, 0.3) is 16.0 Å². The van der Waals surface area contributed by atoms with Crippen molar-refractivity contribution in [2.24, 2.45) is 5.92 Å². The van der Waals surface area contributed by atoms with Crippen LogP contribution in [-0.2, 0) is 4.79 Å². The predicted octanol–water partition coefficient (Wildman–Crippen LogP) is 4.14. The average molecular weight is 478 g/mol. The molecule has 1 aliphatic rings. The van der Waals surface area contributed by atoms with Gasteiger partial charge in [-0.25, -0.2) is 19.6 Å². The number of aryl methyl sites for hydroxylation is 2. The van der Waals surface area contributed by atoms with Crippen molar-refractivity contribution < 1.29 is 9.53 Å². The van der Waals surface area contributed by atoms with Crippen molar-refractivity contribution >= 4 is 38.4 Å². The van der Waals surface area contributed by atoms with Crippen molar-refractivity contribution in [2.45, 2.75) is 33.6 Å². The summed E-state index contributed by atoms with van der Waals surface area (Å²) in [4.78, 5) is 28.7. The van der Waals surface area contributed by atoms with Gasteiger partial charge in [-0.2, -0.15) is 5.10 Å². The Morgan fingerprint density at radius 1 is 1.21 bits per heavy atom. The molecule has 0 bridgehead atoms. The van der Waals surface area contributed by atoms with Crippen molar-refractivity contribution in [3.05, 3.63) is 48.0 Å². The molecule has 1 aromatic carbocycles. The molecule has 5 rings (SSSR count). The summed E-state index contributed by atoms with van der Waals surface area (Å²) < 4.78 is 8.38. The molecule has 1 amide bonds. The van der Waals surface area contributed by atoms with Crippen molar-refractivity contribution in [1.82, 2.24) is 24.7 Å². The molecule has 1 atom stereocenters. The highest BCUT2D eigenvalue weighted by Crippen LogP contribution is 2.30. The Labute approximate surface area is 201 Å². The summed E-state index contributed by atoms with van der Waals surface area (Å²) in [5.74, 6) is 2.18. The molecule has 4 aromatic rings. The SMILES string of the molecule is CCOc1ccc2nc(NC(=O)C3CCCN(c4cc(-n5nc(C)cc5C)ncn4)C3)sc2c1. The fourth-order valence-corrected chi connectivity index (χ4v) is 5.21. The van der Waals surface area contributed by atoms with E-state index >= 15 is 0 Å². The highest BCUT2D eigenvalue weighted by molar-refractivity contribution is 7.22. The van der Waals surface area contributed by atoms with Gasteiger partial charge in [0.1, 0.15) is 17.9 Å². The first-order valence-electron chi connectivity index (χ1n) is 11.4. The van der Waals surface area contributed by atoms with Crippen LogP contribution in [0.5, 0.6) is 5.75 Å². The van der Waals surface area contributed by atoms with E-state index in [1.807, 2.05) is 55.8 Å². The number of carbonyl (C=O) groups is 1. The first kappa shape index (κ1) is 22.3. The Balaban J connectivity index is 1.29. The molecule has 9 nitrogen and oxygen atoms in total. The van der Waals surface area contributed by atoms with E-state index in [1.54, 1.807) is 6.33 Å². The number of ether oxygens (including phenoxy) is 1. The molecule has 10 heteroatoms. The molecular weight excluding hydrogens is 450 g/mol. The highest BCUT2D eigenvalue weighted by Gasteiger charge is 2.27. The van der Waals surface area contributed by atoms with Crippen LogP contribution in [0.3, 0.4) is 0 Å². The molecular formula is C24H27N7O2S. The monoisotopic (exact) mass is 477 g/mol. The van der Waals surface area contributed by atoms with E-state index in [1.165, 1.54) is 11.3 Å². The number of hydrogen-bond donors (Lipinski definition) is 1. The predicted molar refractivity (Wildman–Crippen MR) is 133 cm³/mol. The minimum absolute atomic E-state index is 0.0124. The Kier molecular flexibility index (Phi) is 6.14. The van der Waals surface area contributed by atoms with E-state index in [0.717, 1.165) is 58.4 Å². The van der Waals surface area contributed by atoms with Gasteiger partial charge in [0.05, 0.1) is 28.4 Å². The Morgan fingerprint density at radius 3 is 2.85 bits per heavy atom. The molecule has 0 radical (unpaired) electrons. The van der Waals surface area contributed by atoms with E-state index in [0.29, 0.717) is 18.3 Å². The molecule has 3 aromatic heterocycles. The summed E-state index contributed by atoms with van der Waals surface area (Å²) in [6.07, 6.45) is 3.30. The van der Waals surface area contributed by atoms with Gasteiger partial charge in [-0.05, 0) is 57.9 Å². The number of benzene rings is 1. The van der Waals surface area contributed by atoms with Crippen LogP contribution in [0.4, 0.5) is 10.9 Å². The zero-order valence-corrected chi connectivity index (χ0v) is 20.3. The van der Waals surface area contributed by atoms with Gasteiger partial charge in [0.15, 0.2) is 10.9 Å². The van der Waals surface area contributed by atoms with Gasteiger partial charge in [-0.3, -0.25) is 4.79 Å². The summed E-state index contributed by atoms with van der Waals surface area (Å²) in [6, 6.07) is 9.73. The van der Waals surface area contributed by atoms with Crippen molar-refractivity contribution in [3.63, 3.8) is 0 Å². The number of thiazole rings is 1. The summed E-state index contributed by atoms with van der Waals surface area (Å²) in [5, 5.41) is 8.16. The lowest BCUT2D eigenvalue weighted by Gasteiger charge is -2.32. The van der Waals surface area contributed by atoms with Crippen LogP contribution in [0.2, 0.25) is 0 Å². The second kappa shape index (κ2) is 9.38. The molecule has 1 N–H and O–H groups in total. The highest BCUT2D eigenvalue weighted by atomic mass is 32.1. The Morgan fingerprint density at radius 2 is 2.06 bits per heavy atom. The van der Waals surface area contributed by atoms with Crippen LogP contribution >= 0.6 is 11.3 Å². The Hall–Kier alpha value is -3.53. The molecule has 0 spiro atoms. The third kappa shape index (κ3) is 4.58. The average Bonchev–Trinajstić information content (AvgIpc) is 3.40. The number of nitrogens with zero attached hydrogens (tertiary/aromatic N) is 6. The molecule has 0 saturated carbocycles. The number of hydrogen-bond acceptors (Lipinski definition) is 8.